The number of carbonyl (C=O) groups is 1. The Morgan fingerprint density at radius 3 is 2.62 bits per heavy atom. The molecular formula is C20H32N4O2. The molecule has 3 N–H and O–H groups in total. The number of hydrogen-bond donors (Lipinski definition) is 3. The van der Waals surface area contributed by atoms with Crippen molar-refractivity contribution in [3.05, 3.63) is 35.9 Å². The number of amides is 1. The number of rotatable bonds is 7. The number of benzene rings is 1. The minimum atomic E-state index is -0.489. The number of aliphatic hydroxyl groups excluding tert-OH is 1. The molecule has 0 saturated carbocycles. The molecule has 1 saturated heterocycles. The van der Waals surface area contributed by atoms with Crippen LogP contribution in [0, 0.1) is 5.92 Å². The molecule has 1 aromatic rings. The monoisotopic (exact) mass is 360 g/mol. The van der Waals surface area contributed by atoms with Crippen LogP contribution in [0.5, 0.6) is 0 Å². The van der Waals surface area contributed by atoms with Gasteiger partial charge in [-0.1, -0.05) is 30.3 Å². The Kier molecular flexibility index (Phi) is 8.41. The summed E-state index contributed by atoms with van der Waals surface area (Å²) in [5.41, 5.74) is 1.12. The van der Waals surface area contributed by atoms with Crippen LogP contribution in [0.4, 0.5) is 0 Å². The van der Waals surface area contributed by atoms with Crippen molar-refractivity contribution in [2.75, 3.05) is 33.2 Å². The SMILES string of the molecule is CCNC(=NCC(O)Cc1ccccc1)N1CCC(CC(=O)NC)CC1. The lowest BCUT2D eigenvalue weighted by molar-refractivity contribution is -0.121. The summed E-state index contributed by atoms with van der Waals surface area (Å²) in [5.74, 6) is 1.42. The molecule has 0 bridgehead atoms. The average molecular weight is 361 g/mol. The molecule has 6 nitrogen and oxygen atoms in total. The van der Waals surface area contributed by atoms with Crippen LogP contribution in [-0.4, -0.2) is 61.2 Å². The molecule has 1 aromatic carbocycles. The van der Waals surface area contributed by atoms with Crippen LogP contribution in [-0.2, 0) is 11.2 Å². The summed E-state index contributed by atoms with van der Waals surface area (Å²) in [5, 5.41) is 16.3. The molecule has 1 atom stereocenters. The molecule has 6 heteroatoms. The molecule has 26 heavy (non-hydrogen) atoms. The van der Waals surface area contributed by atoms with Gasteiger partial charge in [0, 0.05) is 39.5 Å². The second-order valence-corrected chi connectivity index (χ2v) is 6.85. The van der Waals surface area contributed by atoms with Gasteiger partial charge < -0.3 is 20.6 Å². The van der Waals surface area contributed by atoms with E-state index in [9.17, 15) is 9.90 Å². The van der Waals surface area contributed by atoms with Gasteiger partial charge in [0.1, 0.15) is 0 Å². The van der Waals surface area contributed by atoms with Crippen LogP contribution in [0.25, 0.3) is 0 Å². The lowest BCUT2D eigenvalue weighted by Crippen LogP contribution is -2.46. The van der Waals surface area contributed by atoms with Gasteiger partial charge in [-0.05, 0) is 31.2 Å². The largest absolute Gasteiger partial charge is 0.391 e. The molecule has 1 unspecified atom stereocenters. The van der Waals surface area contributed by atoms with E-state index in [2.05, 4.69) is 20.5 Å². The molecule has 0 aliphatic carbocycles. The third kappa shape index (κ3) is 6.67. The number of guanidine groups is 1. The van der Waals surface area contributed by atoms with Crippen molar-refractivity contribution in [1.29, 1.82) is 0 Å². The minimum absolute atomic E-state index is 0.119. The molecule has 1 heterocycles. The number of nitrogens with one attached hydrogen (secondary N) is 2. The number of carbonyl (C=O) groups excluding carboxylic acids is 1. The van der Waals surface area contributed by atoms with Gasteiger partial charge in [0.05, 0.1) is 12.6 Å². The Balaban J connectivity index is 1.85. The second kappa shape index (κ2) is 10.8. The Labute approximate surface area is 156 Å². The molecule has 2 rings (SSSR count). The molecule has 0 spiro atoms. The fraction of sp³-hybridized carbons (Fsp3) is 0.600. The van der Waals surface area contributed by atoms with Crippen LogP contribution >= 0.6 is 0 Å². The fourth-order valence-corrected chi connectivity index (χ4v) is 3.28. The maximum atomic E-state index is 11.5. The van der Waals surface area contributed by atoms with Crippen molar-refractivity contribution < 1.29 is 9.90 Å². The number of likely N-dealkylation sites (tertiary alicyclic amines) is 1. The van der Waals surface area contributed by atoms with Crippen molar-refractivity contribution in [3.8, 4) is 0 Å². The van der Waals surface area contributed by atoms with E-state index < -0.39 is 6.10 Å². The molecule has 0 aromatic heterocycles. The van der Waals surface area contributed by atoms with Gasteiger partial charge in [-0.2, -0.15) is 0 Å². The summed E-state index contributed by atoms with van der Waals surface area (Å²) in [6, 6.07) is 9.99. The van der Waals surface area contributed by atoms with Gasteiger partial charge in [0.15, 0.2) is 5.96 Å². The van der Waals surface area contributed by atoms with E-state index in [4.69, 9.17) is 0 Å². The zero-order valence-electron chi connectivity index (χ0n) is 15.9. The van der Waals surface area contributed by atoms with Gasteiger partial charge >= 0.3 is 0 Å². The Hall–Kier alpha value is -2.08. The number of nitrogens with zero attached hydrogens (tertiary/aromatic N) is 2. The topological polar surface area (TPSA) is 77.0 Å². The van der Waals surface area contributed by atoms with Crippen molar-refractivity contribution in [2.45, 2.75) is 38.7 Å². The summed E-state index contributed by atoms with van der Waals surface area (Å²) in [4.78, 5) is 18.4. The average Bonchev–Trinajstić information content (AvgIpc) is 2.66. The van der Waals surface area contributed by atoms with Crippen LogP contribution in [0.15, 0.2) is 35.3 Å². The maximum Gasteiger partial charge on any atom is 0.220 e. The van der Waals surface area contributed by atoms with Crippen molar-refractivity contribution in [1.82, 2.24) is 15.5 Å². The Bertz CT molecular complexity index is 568. The van der Waals surface area contributed by atoms with E-state index >= 15 is 0 Å². The third-order valence-corrected chi connectivity index (χ3v) is 4.77. The van der Waals surface area contributed by atoms with E-state index in [0.29, 0.717) is 25.3 Å². The van der Waals surface area contributed by atoms with E-state index in [-0.39, 0.29) is 5.91 Å². The quantitative estimate of drug-likeness (QED) is 0.507. The zero-order valence-corrected chi connectivity index (χ0v) is 15.9. The highest BCUT2D eigenvalue weighted by Gasteiger charge is 2.23. The third-order valence-electron chi connectivity index (χ3n) is 4.77. The van der Waals surface area contributed by atoms with Gasteiger partial charge in [-0.3, -0.25) is 9.79 Å². The number of hydrogen-bond acceptors (Lipinski definition) is 3. The highest BCUT2D eigenvalue weighted by molar-refractivity contribution is 5.80. The van der Waals surface area contributed by atoms with E-state index in [1.807, 2.05) is 37.3 Å². The first-order chi connectivity index (χ1) is 12.6. The number of piperidine rings is 1. The predicted octanol–water partition coefficient (Wildman–Crippen LogP) is 1.40. The predicted molar refractivity (Wildman–Crippen MR) is 105 cm³/mol. The zero-order chi connectivity index (χ0) is 18.8. The lowest BCUT2D eigenvalue weighted by Gasteiger charge is -2.34. The van der Waals surface area contributed by atoms with E-state index in [0.717, 1.165) is 44.0 Å². The fourth-order valence-electron chi connectivity index (χ4n) is 3.28. The van der Waals surface area contributed by atoms with E-state index in [1.165, 1.54) is 0 Å². The normalized spacial score (nSPS) is 17.0. The molecule has 1 aliphatic heterocycles. The Morgan fingerprint density at radius 2 is 2.00 bits per heavy atom. The smallest absolute Gasteiger partial charge is 0.220 e. The molecule has 0 radical (unpaired) electrons. The van der Waals surface area contributed by atoms with Crippen molar-refractivity contribution >= 4 is 11.9 Å². The summed E-state index contributed by atoms with van der Waals surface area (Å²) >= 11 is 0. The standard InChI is InChI=1S/C20H32N4O2/c1-3-22-20(23-15-18(25)13-16-7-5-4-6-8-16)24-11-9-17(10-12-24)14-19(26)21-2/h4-8,17-18,25H,3,9-15H2,1-2H3,(H,21,26)(H,22,23). The molecular weight excluding hydrogens is 328 g/mol. The highest BCUT2D eigenvalue weighted by atomic mass is 16.3. The summed E-state index contributed by atoms with van der Waals surface area (Å²) in [6.45, 7) is 5.01. The first-order valence-electron chi connectivity index (χ1n) is 9.58. The van der Waals surface area contributed by atoms with Gasteiger partial charge in [-0.25, -0.2) is 0 Å². The van der Waals surface area contributed by atoms with Crippen molar-refractivity contribution in [3.63, 3.8) is 0 Å². The Morgan fingerprint density at radius 1 is 1.31 bits per heavy atom. The van der Waals surface area contributed by atoms with Crippen LogP contribution in [0.2, 0.25) is 0 Å². The lowest BCUT2D eigenvalue weighted by atomic mass is 9.93. The van der Waals surface area contributed by atoms with Crippen LogP contribution in [0.3, 0.4) is 0 Å². The van der Waals surface area contributed by atoms with Gasteiger partial charge in [0.2, 0.25) is 5.91 Å². The summed E-state index contributed by atoms with van der Waals surface area (Å²) in [6.07, 6.45) is 2.71. The molecule has 1 fully saturated rings. The van der Waals surface area contributed by atoms with Crippen LogP contribution in [0.1, 0.15) is 31.7 Å². The summed E-state index contributed by atoms with van der Waals surface area (Å²) in [7, 11) is 1.69. The molecule has 1 amide bonds. The van der Waals surface area contributed by atoms with Crippen molar-refractivity contribution in [2.24, 2.45) is 10.9 Å². The van der Waals surface area contributed by atoms with Crippen LogP contribution < -0.4 is 10.6 Å². The summed E-state index contributed by atoms with van der Waals surface area (Å²) < 4.78 is 0. The first-order valence-corrected chi connectivity index (χ1v) is 9.58. The second-order valence-electron chi connectivity index (χ2n) is 6.85. The van der Waals surface area contributed by atoms with Gasteiger partial charge in [-0.15, -0.1) is 0 Å². The first kappa shape index (κ1) is 20.2. The number of aliphatic hydroxyl groups is 1. The minimum Gasteiger partial charge on any atom is -0.391 e. The molecule has 144 valence electrons. The van der Waals surface area contributed by atoms with E-state index in [1.54, 1.807) is 7.05 Å². The highest BCUT2D eigenvalue weighted by Crippen LogP contribution is 2.20. The molecule has 1 aliphatic rings. The van der Waals surface area contributed by atoms with Gasteiger partial charge in [0.25, 0.3) is 0 Å². The maximum absolute atomic E-state index is 11.5. The number of aliphatic imine (C=N–C) groups is 1.